The van der Waals surface area contributed by atoms with Gasteiger partial charge in [-0.05, 0) is 24.9 Å². The second kappa shape index (κ2) is 4.49. The Morgan fingerprint density at radius 2 is 2.45 bits per heavy atom. The molecule has 0 aromatic carbocycles. The zero-order valence-corrected chi connectivity index (χ0v) is 7.60. The Bertz CT molecular complexity index is 184. The molecule has 0 aliphatic heterocycles. The topological polar surface area (TPSA) is 29.3 Å². The van der Waals surface area contributed by atoms with Gasteiger partial charge >= 0.3 is 0 Å². The lowest BCUT2D eigenvalue weighted by molar-refractivity contribution is 0.350. The summed E-state index contributed by atoms with van der Waals surface area (Å²) >= 11 is 1.81. The highest BCUT2D eigenvalue weighted by molar-refractivity contribution is 7.09. The summed E-state index contributed by atoms with van der Waals surface area (Å²) in [5.74, 6) is 0. The number of rotatable bonds is 4. The van der Waals surface area contributed by atoms with Crippen LogP contribution in [0.3, 0.4) is 0 Å². The molecule has 62 valence electrons. The smallest absolute Gasteiger partial charge is 0.0452 e. The summed E-state index contributed by atoms with van der Waals surface area (Å²) in [4.78, 5) is 3.55. The third-order valence-electron chi connectivity index (χ3n) is 1.63. The first kappa shape index (κ1) is 8.71. The molecule has 0 spiro atoms. The highest BCUT2D eigenvalue weighted by Crippen LogP contribution is 2.08. The number of likely N-dealkylation sites (N-methyl/N-ethyl adjacent to an activating group) is 1. The minimum atomic E-state index is 0.644. The Morgan fingerprint density at radius 3 is 3.00 bits per heavy atom. The van der Waals surface area contributed by atoms with E-state index in [2.05, 4.69) is 22.4 Å². The minimum Gasteiger partial charge on any atom is -0.318 e. The Hall–Kier alpha value is -0.380. The molecule has 1 rings (SSSR count). The van der Waals surface area contributed by atoms with Gasteiger partial charge in [0.25, 0.3) is 0 Å². The quantitative estimate of drug-likeness (QED) is 0.687. The van der Waals surface area contributed by atoms with Gasteiger partial charge in [-0.25, -0.2) is 0 Å². The fourth-order valence-electron chi connectivity index (χ4n) is 0.847. The van der Waals surface area contributed by atoms with Crippen molar-refractivity contribution >= 4 is 11.3 Å². The van der Waals surface area contributed by atoms with E-state index < -0.39 is 0 Å². The first-order chi connectivity index (χ1) is 5.33. The summed E-state index contributed by atoms with van der Waals surface area (Å²) in [6.45, 7) is 1.70. The third kappa shape index (κ3) is 3.01. The van der Waals surface area contributed by atoms with Crippen LogP contribution in [0.2, 0.25) is 0 Å². The maximum Gasteiger partial charge on any atom is 0.0452 e. The van der Waals surface area contributed by atoms with E-state index in [-0.39, 0.29) is 0 Å². The van der Waals surface area contributed by atoms with E-state index in [0.29, 0.717) is 6.67 Å². The Balaban J connectivity index is 2.23. The molecule has 0 aliphatic carbocycles. The van der Waals surface area contributed by atoms with E-state index in [4.69, 9.17) is 5.73 Å². The number of nitrogens with zero attached hydrogens (tertiary/aromatic N) is 1. The van der Waals surface area contributed by atoms with E-state index in [9.17, 15) is 0 Å². The van der Waals surface area contributed by atoms with E-state index in [1.54, 1.807) is 0 Å². The van der Waals surface area contributed by atoms with Crippen LogP contribution in [0.1, 0.15) is 4.88 Å². The molecule has 0 fully saturated rings. The third-order valence-corrected chi connectivity index (χ3v) is 2.57. The average molecular weight is 170 g/mol. The molecule has 11 heavy (non-hydrogen) atoms. The van der Waals surface area contributed by atoms with Gasteiger partial charge in [0.15, 0.2) is 0 Å². The van der Waals surface area contributed by atoms with Crippen molar-refractivity contribution in [3.8, 4) is 0 Å². The molecule has 0 saturated heterocycles. The number of thiophene rings is 1. The van der Waals surface area contributed by atoms with Crippen molar-refractivity contribution in [2.24, 2.45) is 5.73 Å². The lowest BCUT2D eigenvalue weighted by Gasteiger charge is -2.11. The summed E-state index contributed by atoms with van der Waals surface area (Å²) < 4.78 is 0. The first-order valence-electron chi connectivity index (χ1n) is 3.74. The van der Waals surface area contributed by atoms with Crippen molar-refractivity contribution in [1.29, 1.82) is 0 Å². The monoisotopic (exact) mass is 170 g/mol. The summed E-state index contributed by atoms with van der Waals surface area (Å²) in [5, 5.41) is 2.11. The van der Waals surface area contributed by atoms with E-state index in [0.717, 1.165) is 13.0 Å². The molecule has 1 aromatic rings. The van der Waals surface area contributed by atoms with Crippen LogP contribution in [0.15, 0.2) is 17.5 Å². The molecular weight excluding hydrogens is 156 g/mol. The Kier molecular flexibility index (Phi) is 3.56. The van der Waals surface area contributed by atoms with Crippen LogP contribution in [-0.2, 0) is 6.42 Å². The highest BCUT2D eigenvalue weighted by Gasteiger charge is 1.96. The predicted molar refractivity (Wildman–Crippen MR) is 49.7 cm³/mol. The van der Waals surface area contributed by atoms with Crippen molar-refractivity contribution in [2.75, 3.05) is 20.3 Å². The molecule has 0 saturated carbocycles. The molecule has 0 aliphatic rings. The van der Waals surface area contributed by atoms with Gasteiger partial charge < -0.3 is 5.73 Å². The van der Waals surface area contributed by atoms with Crippen LogP contribution in [0, 0.1) is 0 Å². The molecule has 2 nitrogen and oxygen atoms in total. The molecule has 1 heterocycles. The normalized spacial score (nSPS) is 10.8. The Morgan fingerprint density at radius 1 is 1.64 bits per heavy atom. The maximum absolute atomic E-state index is 5.44. The van der Waals surface area contributed by atoms with Gasteiger partial charge in [-0.3, -0.25) is 4.90 Å². The molecule has 0 bridgehead atoms. The van der Waals surface area contributed by atoms with Crippen molar-refractivity contribution in [2.45, 2.75) is 6.42 Å². The van der Waals surface area contributed by atoms with E-state index in [1.165, 1.54) is 4.88 Å². The van der Waals surface area contributed by atoms with Crippen molar-refractivity contribution in [3.05, 3.63) is 22.4 Å². The van der Waals surface area contributed by atoms with Gasteiger partial charge in [-0.15, -0.1) is 11.3 Å². The summed E-state index contributed by atoms with van der Waals surface area (Å²) in [5.41, 5.74) is 5.44. The lowest BCUT2D eigenvalue weighted by atomic mass is 10.3. The molecule has 0 amide bonds. The molecule has 1 aromatic heterocycles. The number of hydrogen-bond acceptors (Lipinski definition) is 3. The van der Waals surface area contributed by atoms with Crippen molar-refractivity contribution in [1.82, 2.24) is 4.90 Å². The van der Waals surface area contributed by atoms with Gasteiger partial charge in [-0.2, -0.15) is 0 Å². The molecule has 0 atom stereocenters. The fraction of sp³-hybridized carbons (Fsp3) is 0.500. The number of nitrogens with two attached hydrogens (primary N) is 1. The predicted octanol–water partition coefficient (Wildman–Crippen LogP) is 1.14. The van der Waals surface area contributed by atoms with Crippen LogP contribution in [0.4, 0.5) is 0 Å². The molecule has 0 radical (unpaired) electrons. The molecule has 3 heteroatoms. The minimum absolute atomic E-state index is 0.644. The van der Waals surface area contributed by atoms with E-state index >= 15 is 0 Å². The second-order valence-corrected chi connectivity index (χ2v) is 3.62. The average Bonchev–Trinajstić information content (AvgIpc) is 2.52. The van der Waals surface area contributed by atoms with Crippen LogP contribution in [0.25, 0.3) is 0 Å². The summed E-state index contributed by atoms with van der Waals surface area (Å²) in [6, 6.07) is 4.25. The van der Waals surface area contributed by atoms with Crippen LogP contribution >= 0.6 is 11.3 Å². The second-order valence-electron chi connectivity index (χ2n) is 2.59. The number of hydrogen-bond donors (Lipinski definition) is 1. The van der Waals surface area contributed by atoms with Crippen LogP contribution < -0.4 is 5.73 Å². The van der Waals surface area contributed by atoms with Crippen LogP contribution in [0.5, 0.6) is 0 Å². The zero-order valence-electron chi connectivity index (χ0n) is 6.79. The summed E-state index contributed by atoms with van der Waals surface area (Å²) in [7, 11) is 2.04. The standard InChI is InChI=1S/C8H14N2S/c1-10(7-9)5-4-8-3-2-6-11-8/h2-3,6H,4-5,7,9H2,1H3. The van der Waals surface area contributed by atoms with Crippen LogP contribution in [-0.4, -0.2) is 25.2 Å². The SMILES string of the molecule is CN(CN)CCc1cccs1. The zero-order chi connectivity index (χ0) is 8.10. The first-order valence-corrected chi connectivity index (χ1v) is 4.62. The summed E-state index contributed by atoms with van der Waals surface area (Å²) in [6.07, 6.45) is 1.12. The Labute approximate surface area is 71.6 Å². The molecular formula is C8H14N2S. The highest BCUT2D eigenvalue weighted by atomic mass is 32.1. The van der Waals surface area contributed by atoms with Gasteiger partial charge in [-0.1, -0.05) is 6.07 Å². The van der Waals surface area contributed by atoms with Gasteiger partial charge in [0, 0.05) is 18.1 Å². The van der Waals surface area contributed by atoms with Crippen molar-refractivity contribution in [3.63, 3.8) is 0 Å². The lowest BCUT2D eigenvalue weighted by Crippen LogP contribution is -2.27. The van der Waals surface area contributed by atoms with Gasteiger partial charge in [0.05, 0.1) is 0 Å². The fourth-order valence-corrected chi connectivity index (χ4v) is 1.55. The maximum atomic E-state index is 5.44. The molecule has 0 unspecified atom stereocenters. The van der Waals surface area contributed by atoms with Crippen molar-refractivity contribution < 1.29 is 0 Å². The van der Waals surface area contributed by atoms with Gasteiger partial charge in [0.2, 0.25) is 0 Å². The van der Waals surface area contributed by atoms with Gasteiger partial charge in [0.1, 0.15) is 0 Å². The molecule has 2 N–H and O–H groups in total. The van der Waals surface area contributed by atoms with E-state index in [1.807, 2.05) is 18.4 Å². The largest absolute Gasteiger partial charge is 0.318 e.